The van der Waals surface area contributed by atoms with Gasteiger partial charge in [-0.25, -0.2) is 13.6 Å². The number of hydrogen-bond acceptors (Lipinski definition) is 7. The van der Waals surface area contributed by atoms with Crippen LogP contribution in [0.1, 0.15) is 20.1 Å². The highest BCUT2D eigenvalue weighted by Gasteiger charge is 2.60. The fraction of sp³-hybridized carbons (Fsp3) is 0.571. The van der Waals surface area contributed by atoms with E-state index in [1.165, 1.54) is 0 Å². The molecule has 138 valence electrons. The molecule has 1 aliphatic heterocycles. The summed E-state index contributed by atoms with van der Waals surface area (Å²) in [4.78, 5) is 47.1. The topological polar surface area (TPSA) is 117 Å². The van der Waals surface area contributed by atoms with Crippen molar-refractivity contribution in [1.82, 2.24) is 9.55 Å². The van der Waals surface area contributed by atoms with E-state index in [0.29, 0.717) is 4.57 Å². The van der Waals surface area contributed by atoms with E-state index in [4.69, 9.17) is 14.2 Å². The predicted octanol–water partition coefficient (Wildman–Crippen LogP) is -0.393. The van der Waals surface area contributed by atoms with Crippen LogP contribution in [0.5, 0.6) is 0 Å². The van der Waals surface area contributed by atoms with E-state index in [1.54, 1.807) is 0 Å². The Kier molecular flexibility index (Phi) is 5.36. The lowest BCUT2D eigenvalue weighted by Crippen LogP contribution is -2.50. The van der Waals surface area contributed by atoms with Gasteiger partial charge in [0.05, 0.1) is 0 Å². The molecule has 0 bridgehead atoms. The summed E-state index contributed by atoms with van der Waals surface area (Å²) in [5.41, 5.74) is -3.84. The molecule has 0 radical (unpaired) electrons. The van der Waals surface area contributed by atoms with Gasteiger partial charge in [0.1, 0.15) is 13.3 Å². The number of alkyl halides is 2. The van der Waals surface area contributed by atoms with Crippen LogP contribution in [-0.4, -0.2) is 52.6 Å². The standard InChI is InChI=1S/C14H16F2N2O7/c1-7(19)23-6-14(5-15)11(24-8(2)20)10(16)12(25-14)18-4-3-9(21)17-13(18)22/h3-4,10-12H,5-6H2,1-2H3,(H,17,21,22). The molecule has 1 N–H and O–H groups in total. The maximum absolute atomic E-state index is 14.8. The number of aromatic nitrogens is 2. The molecule has 0 aliphatic carbocycles. The Balaban J connectivity index is 2.44. The number of esters is 2. The van der Waals surface area contributed by atoms with Gasteiger partial charge in [0.2, 0.25) is 0 Å². The number of carbonyl (C=O) groups excluding carboxylic acids is 2. The van der Waals surface area contributed by atoms with E-state index in [2.05, 4.69) is 0 Å². The van der Waals surface area contributed by atoms with Crippen molar-refractivity contribution in [3.63, 3.8) is 0 Å². The first-order valence-corrected chi connectivity index (χ1v) is 7.20. The number of H-pyrrole nitrogens is 1. The lowest BCUT2D eigenvalue weighted by molar-refractivity contribution is -0.179. The largest absolute Gasteiger partial charge is 0.463 e. The normalized spacial score (nSPS) is 28.6. The lowest BCUT2D eigenvalue weighted by atomic mass is 9.98. The van der Waals surface area contributed by atoms with Crippen LogP contribution in [-0.2, 0) is 23.8 Å². The van der Waals surface area contributed by atoms with Crippen LogP contribution in [0.3, 0.4) is 0 Å². The number of ether oxygens (including phenoxy) is 3. The summed E-state index contributed by atoms with van der Waals surface area (Å²) >= 11 is 0. The highest BCUT2D eigenvalue weighted by Crippen LogP contribution is 2.41. The summed E-state index contributed by atoms with van der Waals surface area (Å²) in [6.45, 7) is -0.0430. The van der Waals surface area contributed by atoms with Crippen molar-refractivity contribution in [1.29, 1.82) is 0 Å². The predicted molar refractivity (Wildman–Crippen MR) is 77.2 cm³/mol. The van der Waals surface area contributed by atoms with Crippen LogP contribution in [0.25, 0.3) is 0 Å². The lowest BCUT2D eigenvalue weighted by Gasteiger charge is -2.30. The Labute approximate surface area is 139 Å². The van der Waals surface area contributed by atoms with Crippen molar-refractivity contribution in [2.75, 3.05) is 13.3 Å². The molecule has 0 aromatic carbocycles. The minimum atomic E-state index is -2.15. The number of hydrogen-bond donors (Lipinski definition) is 1. The van der Waals surface area contributed by atoms with Crippen LogP contribution >= 0.6 is 0 Å². The van der Waals surface area contributed by atoms with Crippen molar-refractivity contribution < 1.29 is 32.6 Å². The van der Waals surface area contributed by atoms with Crippen LogP contribution < -0.4 is 11.2 Å². The number of carbonyl (C=O) groups is 2. The summed E-state index contributed by atoms with van der Waals surface area (Å²) in [5, 5.41) is 0. The fourth-order valence-electron chi connectivity index (χ4n) is 2.49. The van der Waals surface area contributed by atoms with Crippen LogP contribution in [0.15, 0.2) is 21.9 Å². The average Bonchev–Trinajstić information content (AvgIpc) is 2.79. The molecule has 1 aromatic rings. The maximum atomic E-state index is 14.8. The smallest absolute Gasteiger partial charge is 0.330 e. The van der Waals surface area contributed by atoms with Gasteiger partial charge in [0.15, 0.2) is 24.1 Å². The van der Waals surface area contributed by atoms with Crippen molar-refractivity contribution in [2.24, 2.45) is 0 Å². The zero-order valence-electron chi connectivity index (χ0n) is 13.4. The molecular formula is C14H16F2N2O7. The summed E-state index contributed by atoms with van der Waals surface area (Å²) < 4.78 is 44.1. The summed E-state index contributed by atoms with van der Waals surface area (Å²) in [7, 11) is 0. The molecule has 1 saturated heterocycles. The second kappa shape index (κ2) is 7.13. The van der Waals surface area contributed by atoms with E-state index < -0.39 is 60.6 Å². The molecule has 0 amide bonds. The van der Waals surface area contributed by atoms with Gasteiger partial charge in [0, 0.05) is 26.1 Å². The third kappa shape index (κ3) is 3.76. The first kappa shape index (κ1) is 18.8. The van der Waals surface area contributed by atoms with Crippen molar-refractivity contribution in [3.05, 3.63) is 33.1 Å². The molecule has 25 heavy (non-hydrogen) atoms. The minimum Gasteiger partial charge on any atom is -0.463 e. The number of nitrogens with zero attached hydrogens (tertiary/aromatic N) is 1. The summed E-state index contributed by atoms with van der Waals surface area (Å²) in [6, 6.07) is 0.944. The third-order valence-corrected chi connectivity index (χ3v) is 3.60. The van der Waals surface area contributed by atoms with Gasteiger partial charge in [-0.05, 0) is 0 Å². The molecule has 1 aromatic heterocycles. The van der Waals surface area contributed by atoms with E-state index in [0.717, 1.165) is 26.1 Å². The number of aromatic amines is 1. The minimum absolute atomic E-state index is 0.688. The Hall–Kier alpha value is -2.56. The summed E-state index contributed by atoms with van der Waals surface area (Å²) in [5.74, 6) is -1.69. The van der Waals surface area contributed by atoms with E-state index in [1.807, 2.05) is 4.98 Å². The molecule has 2 rings (SSSR count). The maximum Gasteiger partial charge on any atom is 0.330 e. The second-order valence-electron chi connectivity index (χ2n) is 5.48. The van der Waals surface area contributed by atoms with Crippen LogP contribution in [0, 0.1) is 0 Å². The Morgan fingerprint density at radius 3 is 2.56 bits per heavy atom. The number of nitrogens with one attached hydrogen (secondary N) is 1. The van der Waals surface area contributed by atoms with E-state index in [-0.39, 0.29) is 0 Å². The molecule has 11 heteroatoms. The molecule has 2 heterocycles. The molecule has 4 atom stereocenters. The van der Waals surface area contributed by atoms with Gasteiger partial charge in [0.25, 0.3) is 5.56 Å². The van der Waals surface area contributed by atoms with Crippen LogP contribution in [0.2, 0.25) is 0 Å². The molecule has 9 nitrogen and oxygen atoms in total. The molecular weight excluding hydrogens is 346 g/mol. The highest BCUT2D eigenvalue weighted by atomic mass is 19.1. The van der Waals surface area contributed by atoms with Crippen LogP contribution in [0.4, 0.5) is 8.78 Å². The van der Waals surface area contributed by atoms with E-state index in [9.17, 15) is 28.0 Å². The monoisotopic (exact) mass is 362 g/mol. The highest BCUT2D eigenvalue weighted by molar-refractivity contribution is 5.67. The van der Waals surface area contributed by atoms with Crippen molar-refractivity contribution in [3.8, 4) is 0 Å². The summed E-state index contributed by atoms with van der Waals surface area (Å²) in [6.07, 6.45) is -4.65. The Bertz CT molecular complexity index is 777. The fourth-order valence-corrected chi connectivity index (χ4v) is 2.49. The first-order chi connectivity index (χ1) is 11.7. The van der Waals surface area contributed by atoms with Gasteiger partial charge in [-0.15, -0.1) is 0 Å². The Morgan fingerprint density at radius 1 is 1.36 bits per heavy atom. The SMILES string of the molecule is CC(=O)OCC1(CF)OC(n2ccc(=O)[nH]c2=O)C(F)C1OC(C)=O. The second-order valence-corrected chi connectivity index (χ2v) is 5.48. The van der Waals surface area contributed by atoms with Gasteiger partial charge >= 0.3 is 17.6 Å². The molecule has 0 saturated carbocycles. The van der Waals surface area contributed by atoms with Gasteiger partial charge in [-0.3, -0.25) is 23.9 Å². The molecule has 4 unspecified atom stereocenters. The van der Waals surface area contributed by atoms with Crippen molar-refractivity contribution in [2.45, 2.75) is 38.0 Å². The quantitative estimate of drug-likeness (QED) is 0.709. The first-order valence-electron chi connectivity index (χ1n) is 7.20. The zero-order valence-corrected chi connectivity index (χ0v) is 13.4. The van der Waals surface area contributed by atoms with Gasteiger partial charge in [-0.2, -0.15) is 0 Å². The van der Waals surface area contributed by atoms with Gasteiger partial charge in [-0.1, -0.05) is 0 Å². The molecule has 1 fully saturated rings. The third-order valence-electron chi connectivity index (χ3n) is 3.60. The van der Waals surface area contributed by atoms with Gasteiger partial charge < -0.3 is 14.2 Å². The molecule has 0 spiro atoms. The average molecular weight is 362 g/mol. The Morgan fingerprint density at radius 2 is 2.04 bits per heavy atom. The van der Waals surface area contributed by atoms with Crippen molar-refractivity contribution >= 4 is 11.9 Å². The number of rotatable bonds is 5. The number of halogens is 2. The molecule has 1 aliphatic rings. The zero-order chi connectivity index (χ0) is 18.8. The van der Waals surface area contributed by atoms with E-state index >= 15 is 0 Å².